The minimum absolute atomic E-state index is 0.653. The van der Waals surface area contributed by atoms with Crippen molar-refractivity contribution in [2.45, 2.75) is 54.4 Å². The molecule has 0 aliphatic heterocycles. The molecule has 0 amide bonds. The van der Waals surface area contributed by atoms with Gasteiger partial charge in [0.15, 0.2) is 0 Å². The molecule has 14 heavy (non-hydrogen) atoms. The second-order valence-electron chi connectivity index (χ2n) is 3.07. The number of rotatable bonds is 1. The summed E-state index contributed by atoms with van der Waals surface area (Å²) >= 11 is 0. The third kappa shape index (κ3) is 6.71. The highest BCUT2D eigenvalue weighted by Gasteiger charge is 1.96. The third-order valence-corrected chi connectivity index (χ3v) is 1.71. The Hall–Kier alpha value is -0.780. The molecular weight excluding hydrogens is 168 g/mol. The molecule has 0 atom stereocenters. The second-order valence-corrected chi connectivity index (χ2v) is 3.07. The molecule has 0 saturated heterocycles. The van der Waals surface area contributed by atoms with Gasteiger partial charge < -0.3 is 0 Å². The monoisotopic (exact) mass is 194 g/mol. The summed E-state index contributed by atoms with van der Waals surface area (Å²) in [4.78, 5) is 0. The van der Waals surface area contributed by atoms with Gasteiger partial charge in [-0.2, -0.15) is 0 Å². The predicted octanol–water partition coefficient (Wildman–Crippen LogP) is 5.17. The minimum Gasteiger partial charge on any atom is -0.0683 e. The molecular formula is C14H26. The van der Waals surface area contributed by atoms with Crippen LogP contribution in [0.25, 0.3) is 0 Å². The van der Waals surface area contributed by atoms with Crippen molar-refractivity contribution in [2.24, 2.45) is 0 Å². The normalized spacial score (nSPS) is 8.29. The van der Waals surface area contributed by atoms with Crippen molar-refractivity contribution in [3.63, 3.8) is 0 Å². The van der Waals surface area contributed by atoms with E-state index in [0.717, 1.165) is 0 Å². The molecule has 0 aromatic heterocycles. The van der Waals surface area contributed by atoms with E-state index >= 15 is 0 Å². The quantitative estimate of drug-likeness (QED) is 0.578. The van der Waals surface area contributed by atoms with E-state index in [1.165, 1.54) is 11.1 Å². The van der Waals surface area contributed by atoms with Gasteiger partial charge in [0.1, 0.15) is 0 Å². The summed E-state index contributed by atoms with van der Waals surface area (Å²) < 4.78 is 0. The van der Waals surface area contributed by atoms with Crippen LogP contribution >= 0.6 is 0 Å². The standard InChI is InChI=1S/C10H14.2C2H6/c1-8(2)10-6-4-5-9(3)7-10;2*1-2/h4-8H,1-3H3;2*1-2H3. The van der Waals surface area contributed by atoms with Crippen LogP contribution in [0, 0.1) is 6.92 Å². The summed E-state index contributed by atoms with van der Waals surface area (Å²) in [5.74, 6) is 0.653. The van der Waals surface area contributed by atoms with Gasteiger partial charge in [0.05, 0.1) is 0 Å². The van der Waals surface area contributed by atoms with Crippen LogP contribution in [0.3, 0.4) is 0 Å². The predicted molar refractivity (Wildman–Crippen MR) is 68.0 cm³/mol. The SMILES string of the molecule is CC.CC.Cc1cccc(C(C)C)c1. The van der Waals surface area contributed by atoms with Gasteiger partial charge in [-0.25, -0.2) is 0 Å². The van der Waals surface area contributed by atoms with Crippen molar-refractivity contribution in [2.75, 3.05) is 0 Å². The molecule has 0 aliphatic carbocycles. The van der Waals surface area contributed by atoms with Gasteiger partial charge in [0, 0.05) is 0 Å². The van der Waals surface area contributed by atoms with E-state index in [2.05, 4.69) is 45.0 Å². The molecule has 0 fully saturated rings. The maximum Gasteiger partial charge on any atom is -0.0219 e. The number of benzene rings is 1. The Morgan fingerprint density at radius 1 is 0.929 bits per heavy atom. The van der Waals surface area contributed by atoms with Crippen molar-refractivity contribution < 1.29 is 0 Å². The molecule has 0 radical (unpaired) electrons. The highest BCUT2D eigenvalue weighted by atomic mass is 14.0. The largest absolute Gasteiger partial charge is 0.0683 e. The molecule has 0 nitrogen and oxygen atoms in total. The molecule has 0 heterocycles. The van der Waals surface area contributed by atoms with Crippen LogP contribution in [0.1, 0.15) is 58.6 Å². The fraction of sp³-hybridized carbons (Fsp3) is 0.571. The molecule has 1 rings (SSSR count). The summed E-state index contributed by atoms with van der Waals surface area (Å²) in [6.45, 7) is 14.6. The Morgan fingerprint density at radius 2 is 1.43 bits per heavy atom. The molecule has 0 bridgehead atoms. The minimum atomic E-state index is 0.653. The first kappa shape index (κ1) is 15.7. The number of hydrogen-bond acceptors (Lipinski definition) is 0. The van der Waals surface area contributed by atoms with Gasteiger partial charge in [-0.3, -0.25) is 0 Å². The molecule has 82 valence electrons. The third-order valence-electron chi connectivity index (χ3n) is 1.71. The highest BCUT2D eigenvalue weighted by Crippen LogP contribution is 2.14. The van der Waals surface area contributed by atoms with E-state index in [1.807, 2.05) is 27.7 Å². The fourth-order valence-electron chi connectivity index (χ4n) is 1.03. The van der Waals surface area contributed by atoms with E-state index in [0.29, 0.717) is 5.92 Å². The van der Waals surface area contributed by atoms with Crippen molar-refractivity contribution in [3.8, 4) is 0 Å². The fourth-order valence-corrected chi connectivity index (χ4v) is 1.03. The lowest BCUT2D eigenvalue weighted by atomic mass is 10.0. The zero-order chi connectivity index (χ0) is 11.6. The molecule has 0 unspecified atom stereocenters. The summed E-state index contributed by atoms with van der Waals surface area (Å²) in [6, 6.07) is 8.67. The van der Waals surface area contributed by atoms with Crippen molar-refractivity contribution >= 4 is 0 Å². The summed E-state index contributed by atoms with van der Waals surface area (Å²) in [7, 11) is 0. The first-order valence-corrected chi connectivity index (χ1v) is 5.76. The molecule has 0 N–H and O–H groups in total. The van der Waals surface area contributed by atoms with Crippen LogP contribution in [0.4, 0.5) is 0 Å². The highest BCUT2D eigenvalue weighted by molar-refractivity contribution is 5.24. The summed E-state index contributed by atoms with van der Waals surface area (Å²) in [5.41, 5.74) is 2.78. The van der Waals surface area contributed by atoms with E-state index in [1.54, 1.807) is 0 Å². The molecule has 0 aliphatic rings. The molecule has 0 heteroatoms. The van der Waals surface area contributed by atoms with Gasteiger partial charge in [0.2, 0.25) is 0 Å². The Bertz CT molecular complexity index is 211. The lowest BCUT2D eigenvalue weighted by Gasteiger charge is -2.04. The second kappa shape index (κ2) is 10.3. The van der Waals surface area contributed by atoms with Crippen molar-refractivity contribution in [1.82, 2.24) is 0 Å². The maximum absolute atomic E-state index is 2.24. The van der Waals surface area contributed by atoms with Crippen molar-refractivity contribution in [1.29, 1.82) is 0 Å². The van der Waals surface area contributed by atoms with Gasteiger partial charge in [-0.05, 0) is 18.4 Å². The smallest absolute Gasteiger partial charge is 0.0219 e. The van der Waals surface area contributed by atoms with Crippen LogP contribution in [0.2, 0.25) is 0 Å². The summed E-state index contributed by atoms with van der Waals surface area (Å²) in [5, 5.41) is 0. The van der Waals surface area contributed by atoms with Gasteiger partial charge in [-0.15, -0.1) is 0 Å². The van der Waals surface area contributed by atoms with E-state index in [4.69, 9.17) is 0 Å². The van der Waals surface area contributed by atoms with Gasteiger partial charge >= 0.3 is 0 Å². The average molecular weight is 194 g/mol. The number of aryl methyl sites for hydroxylation is 1. The van der Waals surface area contributed by atoms with E-state index in [-0.39, 0.29) is 0 Å². The first-order valence-electron chi connectivity index (χ1n) is 5.76. The van der Waals surface area contributed by atoms with Gasteiger partial charge in [0.25, 0.3) is 0 Å². The molecule has 1 aromatic carbocycles. The molecule has 0 saturated carbocycles. The van der Waals surface area contributed by atoms with Crippen LogP contribution in [0.15, 0.2) is 24.3 Å². The topological polar surface area (TPSA) is 0 Å². The number of hydrogen-bond donors (Lipinski definition) is 0. The Kier molecular flexibility index (Phi) is 11.5. The maximum atomic E-state index is 2.24. The Morgan fingerprint density at radius 3 is 1.71 bits per heavy atom. The average Bonchev–Trinajstić information content (AvgIpc) is 2.24. The summed E-state index contributed by atoms with van der Waals surface area (Å²) in [6.07, 6.45) is 0. The van der Waals surface area contributed by atoms with Crippen LogP contribution in [-0.4, -0.2) is 0 Å². The van der Waals surface area contributed by atoms with E-state index < -0.39 is 0 Å². The molecule has 0 spiro atoms. The lowest BCUT2D eigenvalue weighted by Crippen LogP contribution is -1.86. The van der Waals surface area contributed by atoms with Crippen LogP contribution in [0.5, 0.6) is 0 Å². The van der Waals surface area contributed by atoms with Crippen LogP contribution < -0.4 is 0 Å². The molecule has 1 aromatic rings. The zero-order valence-electron chi connectivity index (χ0n) is 10.9. The van der Waals surface area contributed by atoms with E-state index in [9.17, 15) is 0 Å². The van der Waals surface area contributed by atoms with Crippen molar-refractivity contribution in [3.05, 3.63) is 35.4 Å². The first-order chi connectivity index (χ1) is 6.70. The van der Waals surface area contributed by atoms with Gasteiger partial charge in [-0.1, -0.05) is 71.4 Å². The van der Waals surface area contributed by atoms with Crippen LogP contribution in [-0.2, 0) is 0 Å². The lowest BCUT2D eigenvalue weighted by molar-refractivity contribution is 0.865. The zero-order valence-corrected chi connectivity index (χ0v) is 10.9. The Labute approximate surface area is 90.4 Å². The Balaban J connectivity index is 0.